The van der Waals surface area contributed by atoms with E-state index in [-0.39, 0.29) is 12.5 Å². The summed E-state index contributed by atoms with van der Waals surface area (Å²) in [4.78, 5) is 12.4. The number of hydrogen-bond acceptors (Lipinski definition) is 3. The van der Waals surface area contributed by atoms with E-state index in [9.17, 15) is 9.90 Å². The fourth-order valence-electron chi connectivity index (χ4n) is 2.99. The van der Waals surface area contributed by atoms with E-state index in [1.165, 1.54) is 12.8 Å². The van der Waals surface area contributed by atoms with Crippen molar-refractivity contribution in [3.05, 3.63) is 52.8 Å². The molecule has 1 fully saturated rings. The second-order valence-corrected chi connectivity index (χ2v) is 6.32. The van der Waals surface area contributed by atoms with E-state index in [1.54, 1.807) is 30.3 Å². The molecule has 0 aliphatic heterocycles. The second kappa shape index (κ2) is 7.15. The Bertz CT molecular complexity index is 663. The van der Waals surface area contributed by atoms with Gasteiger partial charge in [-0.15, -0.1) is 0 Å². The van der Waals surface area contributed by atoms with Crippen LogP contribution in [-0.2, 0) is 0 Å². The van der Waals surface area contributed by atoms with Crippen molar-refractivity contribution in [2.45, 2.75) is 37.8 Å². The Balaban J connectivity index is 1.68. The fraction of sp³-hybridized carbons (Fsp3) is 0.412. The SMILES string of the molecule is O=C(NC(CO)c1ccc(Cl)cc1)c1ccn(C2CCCC2)n1. The minimum absolute atomic E-state index is 0.184. The van der Waals surface area contributed by atoms with E-state index < -0.39 is 6.04 Å². The zero-order chi connectivity index (χ0) is 16.2. The van der Waals surface area contributed by atoms with Crippen molar-refractivity contribution in [3.63, 3.8) is 0 Å². The number of nitrogens with one attached hydrogen (secondary N) is 1. The minimum Gasteiger partial charge on any atom is -0.394 e. The number of hydrogen-bond donors (Lipinski definition) is 2. The molecule has 1 aromatic heterocycles. The van der Waals surface area contributed by atoms with Crippen molar-refractivity contribution in [3.8, 4) is 0 Å². The summed E-state index contributed by atoms with van der Waals surface area (Å²) >= 11 is 5.86. The molecule has 1 atom stereocenters. The van der Waals surface area contributed by atoms with Crippen LogP contribution in [0.25, 0.3) is 0 Å². The first-order valence-electron chi connectivity index (χ1n) is 7.89. The third kappa shape index (κ3) is 3.74. The molecule has 3 rings (SSSR count). The lowest BCUT2D eigenvalue weighted by molar-refractivity contribution is 0.0910. The molecule has 2 aromatic rings. The normalized spacial score (nSPS) is 16.4. The number of benzene rings is 1. The van der Waals surface area contributed by atoms with Crippen molar-refractivity contribution < 1.29 is 9.90 Å². The van der Waals surface area contributed by atoms with Crippen LogP contribution in [-0.4, -0.2) is 27.4 Å². The fourth-order valence-corrected chi connectivity index (χ4v) is 3.12. The summed E-state index contributed by atoms with van der Waals surface area (Å²) in [7, 11) is 0. The summed E-state index contributed by atoms with van der Waals surface area (Å²) in [6, 6.07) is 8.71. The van der Waals surface area contributed by atoms with E-state index in [2.05, 4.69) is 10.4 Å². The predicted octanol–water partition coefficient (Wildman–Crippen LogP) is 3.12. The van der Waals surface area contributed by atoms with Crippen molar-refractivity contribution in [2.75, 3.05) is 6.61 Å². The van der Waals surface area contributed by atoms with Gasteiger partial charge in [0, 0.05) is 11.2 Å². The van der Waals surface area contributed by atoms with Gasteiger partial charge in [0.1, 0.15) is 5.69 Å². The van der Waals surface area contributed by atoms with Gasteiger partial charge in [-0.1, -0.05) is 36.6 Å². The quantitative estimate of drug-likeness (QED) is 0.883. The topological polar surface area (TPSA) is 67.2 Å². The van der Waals surface area contributed by atoms with Gasteiger partial charge in [0.2, 0.25) is 0 Å². The van der Waals surface area contributed by atoms with Crippen LogP contribution in [0.4, 0.5) is 0 Å². The summed E-state index contributed by atoms with van der Waals surface area (Å²) in [5.74, 6) is -0.282. The summed E-state index contributed by atoms with van der Waals surface area (Å²) in [5, 5.41) is 17.4. The molecule has 2 N–H and O–H groups in total. The largest absolute Gasteiger partial charge is 0.394 e. The van der Waals surface area contributed by atoms with Crippen LogP contribution in [0.15, 0.2) is 36.5 Å². The molecule has 1 unspecified atom stereocenters. The monoisotopic (exact) mass is 333 g/mol. The number of carbonyl (C=O) groups is 1. The number of carbonyl (C=O) groups excluding carboxylic acids is 1. The molecular formula is C17H20ClN3O2. The Morgan fingerprint density at radius 1 is 1.30 bits per heavy atom. The molecule has 1 saturated carbocycles. The van der Waals surface area contributed by atoms with E-state index in [1.807, 2.05) is 10.9 Å². The van der Waals surface area contributed by atoms with Crippen LogP contribution in [0, 0.1) is 0 Å². The number of rotatable bonds is 5. The Hall–Kier alpha value is -1.85. The van der Waals surface area contributed by atoms with Gasteiger partial charge in [0.05, 0.1) is 18.7 Å². The Morgan fingerprint density at radius 2 is 2.00 bits per heavy atom. The molecule has 1 heterocycles. The van der Waals surface area contributed by atoms with Crippen molar-refractivity contribution in [1.29, 1.82) is 0 Å². The molecule has 1 aromatic carbocycles. The van der Waals surface area contributed by atoms with Crippen LogP contribution in [0.3, 0.4) is 0 Å². The minimum atomic E-state index is -0.476. The lowest BCUT2D eigenvalue weighted by atomic mass is 10.1. The van der Waals surface area contributed by atoms with Gasteiger partial charge in [-0.2, -0.15) is 5.10 Å². The van der Waals surface area contributed by atoms with Crippen molar-refractivity contribution in [2.24, 2.45) is 0 Å². The van der Waals surface area contributed by atoms with Crippen LogP contribution in [0.1, 0.15) is 53.8 Å². The number of amides is 1. The van der Waals surface area contributed by atoms with Gasteiger partial charge in [-0.05, 0) is 36.6 Å². The number of nitrogens with zero attached hydrogens (tertiary/aromatic N) is 2. The molecule has 5 nitrogen and oxygen atoms in total. The molecule has 6 heteroatoms. The van der Waals surface area contributed by atoms with E-state index in [4.69, 9.17) is 11.6 Å². The second-order valence-electron chi connectivity index (χ2n) is 5.88. The number of aromatic nitrogens is 2. The van der Waals surface area contributed by atoms with Crippen LogP contribution < -0.4 is 5.32 Å². The first-order valence-corrected chi connectivity index (χ1v) is 8.27. The Labute approximate surface area is 140 Å². The summed E-state index contributed by atoms with van der Waals surface area (Å²) in [6.45, 7) is -0.184. The van der Waals surface area contributed by atoms with E-state index in [0.29, 0.717) is 16.8 Å². The molecule has 0 radical (unpaired) electrons. The highest BCUT2D eigenvalue weighted by molar-refractivity contribution is 6.30. The highest BCUT2D eigenvalue weighted by Gasteiger charge is 2.21. The number of aliphatic hydroxyl groups excluding tert-OH is 1. The molecule has 0 spiro atoms. The molecule has 1 aliphatic rings. The highest BCUT2D eigenvalue weighted by atomic mass is 35.5. The third-order valence-electron chi connectivity index (χ3n) is 4.30. The molecule has 1 aliphatic carbocycles. The number of halogens is 1. The first-order chi connectivity index (χ1) is 11.2. The first kappa shape index (κ1) is 16.0. The lowest BCUT2D eigenvalue weighted by Crippen LogP contribution is -2.31. The van der Waals surface area contributed by atoms with E-state index >= 15 is 0 Å². The van der Waals surface area contributed by atoms with Gasteiger partial charge >= 0.3 is 0 Å². The maximum Gasteiger partial charge on any atom is 0.272 e. The number of aliphatic hydroxyl groups is 1. The highest BCUT2D eigenvalue weighted by Crippen LogP contribution is 2.28. The molecule has 1 amide bonds. The Morgan fingerprint density at radius 3 is 2.65 bits per heavy atom. The zero-order valence-corrected chi connectivity index (χ0v) is 13.5. The van der Waals surface area contributed by atoms with Crippen molar-refractivity contribution >= 4 is 17.5 Å². The molecule has 23 heavy (non-hydrogen) atoms. The van der Waals surface area contributed by atoms with Crippen LogP contribution in [0.5, 0.6) is 0 Å². The van der Waals surface area contributed by atoms with Gasteiger partial charge < -0.3 is 10.4 Å². The molecule has 0 bridgehead atoms. The van der Waals surface area contributed by atoms with Crippen molar-refractivity contribution in [1.82, 2.24) is 15.1 Å². The summed E-state index contributed by atoms with van der Waals surface area (Å²) < 4.78 is 1.89. The van der Waals surface area contributed by atoms with Gasteiger partial charge in [-0.3, -0.25) is 9.48 Å². The van der Waals surface area contributed by atoms with Gasteiger partial charge in [-0.25, -0.2) is 0 Å². The predicted molar refractivity (Wildman–Crippen MR) is 88.5 cm³/mol. The average Bonchev–Trinajstić information content (AvgIpc) is 3.24. The van der Waals surface area contributed by atoms with E-state index in [0.717, 1.165) is 18.4 Å². The summed E-state index contributed by atoms with van der Waals surface area (Å²) in [5.41, 5.74) is 1.18. The average molecular weight is 334 g/mol. The Kier molecular flexibility index (Phi) is 4.98. The molecule has 122 valence electrons. The standard InChI is InChI=1S/C17H20ClN3O2/c18-13-7-5-12(6-8-13)16(11-22)19-17(23)15-9-10-21(20-15)14-3-1-2-4-14/h5-10,14,16,22H,1-4,11H2,(H,19,23). The maximum atomic E-state index is 12.4. The van der Waals surface area contributed by atoms with Gasteiger partial charge in [0.15, 0.2) is 0 Å². The van der Waals surface area contributed by atoms with Crippen LogP contribution >= 0.6 is 11.6 Å². The molecular weight excluding hydrogens is 314 g/mol. The zero-order valence-electron chi connectivity index (χ0n) is 12.8. The third-order valence-corrected chi connectivity index (χ3v) is 4.55. The molecule has 0 saturated heterocycles. The summed E-state index contributed by atoms with van der Waals surface area (Å²) in [6.07, 6.45) is 6.53. The van der Waals surface area contributed by atoms with Crippen LogP contribution in [0.2, 0.25) is 5.02 Å². The smallest absolute Gasteiger partial charge is 0.272 e. The lowest BCUT2D eigenvalue weighted by Gasteiger charge is -2.16. The maximum absolute atomic E-state index is 12.4. The van der Waals surface area contributed by atoms with Gasteiger partial charge in [0.25, 0.3) is 5.91 Å².